The molecular formula is C20H43N3O2. The minimum atomic E-state index is -0.771. The molecule has 1 saturated carbocycles. The van der Waals surface area contributed by atoms with Gasteiger partial charge in [-0.2, -0.15) is 0 Å². The fourth-order valence-corrected chi connectivity index (χ4v) is 3.70. The standard InChI is InChI=1S/C11H22N2O2.C7H15N.C2H6/c1-3-7-12(4-2)10-5-8-13(9-6-10)11(14)15;1-8-7-5-3-2-4-6-7;1-2/h10H,3-9H2,1-2H3,(H,14,15);7-8H,2-6H2,1H3;1-2H3. The van der Waals surface area contributed by atoms with Crippen molar-refractivity contribution in [2.24, 2.45) is 0 Å². The molecule has 0 atom stereocenters. The van der Waals surface area contributed by atoms with E-state index in [1.807, 2.05) is 13.8 Å². The van der Waals surface area contributed by atoms with Gasteiger partial charge < -0.3 is 20.2 Å². The number of nitrogens with one attached hydrogen (secondary N) is 1. The molecule has 0 aromatic rings. The van der Waals surface area contributed by atoms with Gasteiger partial charge in [0.25, 0.3) is 0 Å². The first-order valence-corrected chi connectivity index (χ1v) is 10.5. The van der Waals surface area contributed by atoms with Crippen LogP contribution >= 0.6 is 0 Å². The van der Waals surface area contributed by atoms with E-state index in [0.29, 0.717) is 19.1 Å². The van der Waals surface area contributed by atoms with Crippen molar-refractivity contribution in [1.29, 1.82) is 0 Å². The van der Waals surface area contributed by atoms with Gasteiger partial charge in [0.05, 0.1) is 0 Å². The Bertz CT molecular complexity index is 312. The Balaban J connectivity index is 0.000000483. The second kappa shape index (κ2) is 15.4. The summed E-state index contributed by atoms with van der Waals surface area (Å²) in [5, 5.41) is 12.1. The molecule has 1 aliphatic carbocycles. The van der Waals surface area contributed by atoms with E-state index in [4.69, 9.17) is 5.11 Å². The molecule has 25 heavy (non-hydrogen) atoms. The average Bonchev–Trinajstić information content (AvgIpc) is 2.69. The molecule has 2 N–H and O–H groups in total. The maximum Gasteiger partial charge on any atom is 0.407 e. The molecule has 1 saturated heterocycles. The lowest BCUT2D eigenvalue weighted by atomic mass is 9.96. The minimum absolute atomic E-state index is 0.588. The van der Waals surface area contributed by atoms with Gasteiger partial charge in [0.2, 0.25) is 0 Å². The summed E-state index contributed by atoms with van der Waals surface area (Å²) in [5.41, 5.74) is 0. The van der Waals surface area contributed by atoms with Crippen molar-refractivity contribution in [1.82, 2.24) is 15.1 Å². The summed E-state index contributed by atoms with van der Waals surface area (Å²) >= 11 is 0. The van der Waals surface area contributed by atoms with Crippen LogP contribution in [-0.2, 0) is 0 Å². The molecular weight excluding hydrogens is 314 g/mol. The van der Waals surface area contributed by atoms with Crippen LogP contribution in [0.3, 0.4) is 0 Å². The third kappa shape index (κ3) is 10.0. The van der Waals surface area contributed by atoms with Crippen LogP contribution in [0, 0.1) is 0 Å². The molecule has 0 unspecified atom stereocenters. The van der Waals surface area contributed by atoms with E-state index >= 15 is 0 Å². The summed E-state index contributed by atoms with van der Waals surface area (Å²) in [6.45, 7) is 12.0. The molecule has 2 aliphatic rings. The number of carboxylic acid groups (broad SMARTS) is 1. The molecule has 2 fully saturated rings. The highest BCUT2D eigenvalue weighted by molar-refractivity contribution is 5.65. The van der Waals surface area contributed by atoms with Crippen LogP contribution in [0.5, 0.6) is 0 Å². The van der Waals surface area contributed by atoms with E-state index in [2.05, 4.69) is 31.1 Å². The Morgan fingerprint density at radius 3 is 2.00 bits per heavy atom. The molecule has 1 aliphatic heterocycles. The fraction of sp³-hybridized carbons (Fsp3) is 0.950. The molecule has 1 amide bonds. The quantitative estimate of drug-likeness (QED) is 0.764. The van der Waals surface area contributed by atoms with Crippen molar-refractivity contribution >= 4 is 6.09 Å². The second-order valence-corrected chi connectivity index (χ2v) is 6.75. The van der Waals surface area contributed by atoms with Crippen molar-refractivity contribution in [2.75, 3.05) is 33.2 Å². The Kier molecular flexibility index (Phi) is 14.9. The molecule has 0 bridgehead atoms. The van der Waals surface area contributed by atoms with Gasteiger partial charge in [-0.05, 0) is 52.2 Å². The van der Waals surface area contributed by atoms with Gasteiger partial charge in [0.15, 0.2) is 0 Å². The zero-order valence-electron chi connectivity index (χ0n) is 17.4. The molecule has 2 rings (SSSR count). The van der Waals surface area contributed by atoms with Gasteiger partial charge in [-0.15, -0.1) is 0 Å². The molecule has 0 aromatic heterocycles. The van der Waals surface area contributed by atoms with Crippen LogP contribution in [0.2, 0.25) is 0 Å². The van der Waals surface area contributed by atoms with Gasteiger partial charge in [0, 0.05) is 25.2 Å². The summed E-state index contributed by atoms with van der Waals surface area (Å²) < 4.78 is 0. The maximum absolute atomic E-state index is 10.7. The molecule has 0 spiro atoms. The summed E-state index contributed by atoms with van der Waals surface area (Å²) in [6, 6.07) is 1.43. The lowest BCUT2D eigenvalue weighted by Gasteiger charge is -2.37. The Morgan fingerprint density at radius 2 is 1.64 bits per heavy atom. The van der Waals surface area contributed by atoms with Crippen LogP contribution in [0.4, 0.5) is 4.79 Å². The summed E-state index contributed by atoms with van der Waals surface area (Å²) in [6.07, 6.45) is 9.50. The van der Waals surface area contributed by atoms with Crippen LogP contribution in [0.15, 0.2) is 0 Å². The van der Waals surface area contributed by atoms with Crippen molar-refractivity contribution < 1.29 is 9.90 Å². The van der Waals surface area contributed by atoms with Gasteiger partial charge in [-0.3, -0.25) is 0 Å². The predicted octanol–water partition coefficient (Wildman–Crippen LogP) is 4.43. The first kappa shape index (κ1) is 24.2. The smallest absolute Gasteiger partial charge is 0.407 e. The van der Waals surface area contributed by atoms with Crippen molar-refractivity contribution in [3.8, 4) is 0 Å². The number of nitrogens with zero attached hydrogens (tertiary/aromatic N) is 2. The number of amides is 1. The number of likely N-dealkylation sites (tertiary alicyclic amines) is 1. The first-order valence-electron chi connectivity index (χ1n) is 10.5. The zero-order chi connectivity index (χ0) is 19.1. The molecule has 1 heterocycles. The average molecular weight is 358 g/mol. The summed E-state index contributed by atoms with van der Waals surface area (Å²) in [4.78, 5) is 14.7. The van der Waals surface area contributed by atoms with E-state index in [-0.39, 0.29) is 0 Å². The molecule has 5 heteroatoms. The largest absolute Gasteiger partial charge is 0.465 e. The molecule has 5 nitrogen and oxygen atoms in total. The zero-order valence-corrected chi connectivity index (χ0v) is 17.4. The number of hydrogen-bond acceptors (Lipinski definition) is 3. The van der Waals surface area contributed by atoms with Crippen LogP contribution in [0.25, 0.3) is 0 Å². The number of hydrogen-bond donors (Lipinski definition) is 2. The van der Waals surface area contributed by atoms with E-state index in [0.717, 1.165) is 32.0 Å². The minimum Gasteiger partial charge on any atom is -0.465 e. The van der Waals surface area contributed by atoms with E-state index in [1.54, 1.807) is 0 Å². The number of carbonyl (C=O) groups is 1. The Labute approximate surface area is 156 Å². The second-order valence-electron chi connectivity index (χ2n) is 6.75. The highest BCUT2D eigenvalue weighted by atomic mass is 16.4. The monoisotopic (exact) mass is 357 g/mol. The third-order valence-electron chi connectivity index (χ3n) is 5.18. The lowest BCUT2D eigenvalue weighted by molar-refractivity contribution is 0.0972. The first-order chi connectivity index (χ1) is 12.1. The van der Waals surface area contributed by atoms with Gasteiger partial charge in [-0.25, -0.2) is 4.79 Å². The predicted molar refractivity (Wildman–Crippen MR) is 107 cm³/mol. The van der Waals surface area contributed by atoms with Crippen molar-refractivity contribution in [3.63, 3.8) is 0 Å². The van der Waals surface area contributed by atoms with Crippen LogP contribution in [0.1, 0.15) is 79.1 Å². The van der Waals surface area contributed by atoms with Gasteiger partial charge in [-0.1, -0.05) is 47.0 Å². The molecule has 0 radical (unpaired) electrons. The SMILES string of the molecule is CC.CCCN(CC)C1CCN(C(=O)O)CC1.CNC1CCCCC1. The number of piperidine rings is 1. The van der Waals surface area contributed by atoms with Crippen molar-refractivity contribution in [2.45, 2.75) is 91.1 Å². The van der Waals surface area contributed by atoms with Crippen LogP contribution in [-0.4, -0.2) is 66.3 Å². The summed E-state index contributed by atoms with van der Waals surface area (Å²) in [5.74, 6) is 0. The van der Waals surface area contributed by atoms with Crippen molar-refractivity contribution in [3.05, 3.63) is 0 Å². The normalized spacial score (nSPS) is 18.9. The molecule has 150 valence electrons. The lowest BCUT2D eigenvalue weighted by Crippen LogP contribution is -2.46. The van der Waals surface area contributed by atoms with Gasteiger partial charge >= 0.3 is 6.09 Å². The third-order valence-corrected chi connectivity index (χ3v) is 5.18. The van der Waals surface area contributed by atoms with Crippen LogP contribution < -0.4 is 5.32 Å². The Hall–Kier alpha value is -0.810. The van der Waals surface area contributed by atoms with E-state index in [1.165, 1.54) is 43.4 Å². The fourth-order valence-electron chi connectivity index (χ4n) is 3.70. The highest BCUT2D eigenvalue weighted by Crippen LogP contribution is 2.17. The molecule has 0 aromatic carbocycles. The maximum atomic E-state index is 10.7. The summed E-state index contributed by atoms with van der Waals surface area (Å²) in [7, 11) is 2.07. The van der Waals surface area contributed by atoms with E-state index < -0.39 is 6.09 Å². The van der Waals surface area contributed by atoms with Gasteiger partial charge in [0.1, 0.15) is 0 Å². The number of rotatable bonds is 5. The highest BCUT2D eigenvalue weighted by Gasteiger charge is 2.25. The topological polar surface area (TPSA) is 55.8 Å². The Morgan fingerprint density at radius 1 is 1.08 bits per heavy atom. The van der Waals surface area contributed by atoms with E-state index in [9.17, 15) is 4.79 Å².